The molecule has 106 valence electrons. The minimum absolute atomic E-state index is 0.539. The Labute approximate surface area is 127 Å². The van der Waals surface area contributed by atoms with Crippen molar-refractivity contribution in [3.05, 3.63) is 43.0 Å². The van der Waals surface area contributed by atoms with Crippen molar-refractivity contribution in [2.75, 3.05) is 11.9 Å². The lowest BCUT2D eigenvalue weighted by Crippen LogP contribution is -2.28. The summed E-state index contributed by atoms with van der Waals surface area (Å²) in [6.45, 7) is 2.74. The third-order valence-corrected chi connectivity index (χ3v) is 3.18. The molecule has 3 aromatic rings. The van der Waals surface area contributed by atoms with Crippen LogP contribution in [0.25, 0.3) is 16.9 Å². The van der Waals surface area contributed by atoms with E-state index in [1.54, 1.807) is 6.33 Å². The van der Waals surface area contributed by atoms with Gasteiger partial charge < -0.3 is 10.6 Å². The average Bonchev–Trinajstić information content (AvgIpc) is 2.91. The van der Waals surface area contributed by atoms with Gasteiger partial charge in [0.2, 0.25) is 0 Å². The molecule has 0 fully saturated rings. The summed E-state index contributed by atoms with van der Waals surface area (Å²) in [7, 11) is 0. The van der Waals surface area contributed by atoms with Crippen molar-refractivity contribution in [2.45, 2.75) is 6.92 Å². The molecule has 21 heavy (non-hydrogen) atoms. The SMILES string of the molecule is CCNC(=S)Nc1cc(-n2cnc3ccccc32)ncn1. The zero-order valence-corrected chi connectivity index (χ0v) is 12.3. The lowest BCUT2D eigenvalue weighted by molar-refractivity contribution is 0.972. The largest absolute Gasteiger partial charge is 0.363 e. The first-order chi connectivity index (χ1) is 10.3. The molecular weight excluding hydrogens is 284 g/mol. The summed E-state index contributed by atoms with van der Waals surface area (Å²) in [5.41, 5.74) is 1.92. The number of nitrogens with zero attached hydrogens (tertiary/aromatic N) is 4. The average molecular weight is 298 g/mol. The molecular formula is C14H14N6S. The van der Waals surface area contributed by atoms with Gasteiger partial charge in [0.25, 0.3) is 0 Å². The Hall–Kier alpha value is -2.54. The van der Waals surface area contributed by atoms with Crippen molar-refractivity contribution in [1.29, 1.82) is 0 Å². The molecule has 0 aliphatic heterocycles. The molecule has 6 nitrogen and oxygen atoms in total. The summed E-state index contributed by atoms with van der Waals surface area (Å²) in [5.74, 6) is 1.38. The van der Waals surface area contributed by atoms with E-state index >= 15 is 0 Å². The summed E-state index contributed by atoms with van der Waals surface area (Å²) in [6, 6.07) is 9.73. The van der Waals surface area contributed by atoms with Crippen molar-refractivity contribution in [1.82, 2.24) is 24.8 Å². The number of para-hydroxylation sites is 2. The van der Waals surface area contributed by atoms with Crippen LogP contribution in [0.15, 0.2) is 43.0 Å². The summed E-state index contributed by atoms with van der Waals surface area (Å²) in [6.07, 6.45) is 3.25. The molecule has 1 aromatic carbocycles. The van der Waals surface area contributed by atoms with Gasteiger partial charge in [-0.15, -0.1) is 0 Å². The maximum Gasteiger partial charge on any atom is 0.171 e. The number of aromatic nitrogens is 4. The highest BCUT2D eigenvalue weighted by Crippen LogP contribution is 2.17. The molecule has 0 bridgehead atoms. The Morgan fingerprint density at radius 3 is 2.95 bits per heavy atom. The van der Waals surface area contributed by atoms with Crippen LogP contribution in [0.3, 0.4) is 0 Å². The molecule has 2 aromatic heterocycles. The fourth-order valence-corrected chi connectivity index (χ4v) is 2.26. The van der Waals surface area contributed by atoms with E-state index in [0.29, 0.717) is 10.9 Å². The van der Waals surface area contributed by atoms with E-state index in [2.05, 4.69) is 25.6 Å². The molecule has 3 rings (SSSR count). The van der Waals surface area contributed by atoms with E-state index < -0.39 is 0 Å². The van der Waals surface area contributed by atoms with Gasteiger partial charge in [0.1, 0.15) is 24.3 Å². The van der Waals surface area contributed by atoms with Gasteiger partial charge in [-0.25, -0.2) is 15.0 Å². The van der Waals surface area contributed by atoms with Gasteiger partial charge >= 0.3 is 0 Å². The van der Waals surface area contributed by atoms with Gasteiger partial charge in [-0.3, -0.25) is 4.57 Å². The Balaban J connectivity index is 1.94. The van der Waals surface area contributed by atoms with Crippen LogP contribution in [0.2, 0.25) is 0 Å². The third kappa shape index (κ3) is 2.82. The summed E-state index contributed by atoms with van der Waals surface area (Å²) in [5, 5.41) is 6.59. The normalized spacial score (nSPS) is 10.5. The number of benzene rings is 1. The number of nitrogens with one attached hydrogen (secondary N) is 2. The number of fused-ring (bicyclic) bond motifs is 1. The maximum atomic E-state index is 5.15. The van der Waals surface area contributed by atoms with Crippen LogP contribution in [0.5, 0.6) is 0 Å². The Morgan fingerprint density at radius 2 is 2.10 bits per heavy atom. The van der Waals surface area contributed by atoms with Gasteiger partial charge in [0.15, 0.2) is 5.11 Å². The lowest BCUT2D eigenvalue weighted by Gasteiger charge is -2.09. The van der Waals surface area contributed by atoms with Crippen molar-refractivity contribution in [3.8, 4) is 5.82 Å². The standard InChI is InChI=1S/C14H14N6S/c1-2-15-14(21)19-12-7-13(17-8-16-12)20-9-18-10-5-3-4-6-11(10)20/h3-9H,2H2,1H3,(H2,15,16,17,19,21). The smallest absolute Gasteiger partial charge is 0.171 e. The molecule has 0 saturated heterocycles. The van der Waals surface area contributed by atoms with Gasteiger partial charge in [0, 0.05) is 12.6 Å². The number of anilines is 1. The topological polar surface area (TPSA) is 67.7 Å². The van der Waals surface area contributed by atoms with E-state index in [4.69, 9.17) is 12.2 Å². The molecule has 0 radical (unpaired) electrons. The van der Waals surface area contributed by atoms with Gasteiger partial charge in [-0.05, 0) is 31.3 Å². The summed E-state index contributed by atoms with van der Waals surface area (Å²) >= 11 is 5.15. The van der Waals surface area contributed by atoms with Gasteiger partial charge in [0.05, 0.1) is 11.0 Å². The predicted molar refractivity (Wildman–Crippen MR) is 86.6 cm³/mol. The molecule has 0 aliphatic rings. The van der Waals surface area contributed by atoms with Crippen molar-refractivity contribution < 1.29 is 0 Å². The molecule has 2 heterocycles. The number of hydrogen-bond donors (Lipinski definition) is 2. The van der Waals surface area contributed by atoms with Crippen LogP contribution in [-0.4, -0.2) is 31.2 Å². The van der Waals surface area contributed by atoms with Crippen molar-refractivity contribution in [2.24, 2.45) is 0 Å². The van der Waals surface area contributed by atoms with Gasteiger partial charge in [-0.1, -0.05) is 12.1 Å². The fraction of sp³-hybridized carbons (Fsp3) is 0.143. The minimum atomic E-state index is 0.539. The fourth-order valence-electron chi connectivity index (χ4n) is 2.01. The lowest BCUT2D eigenvalue weighted by atomic mass is 10.3. The first kappa shape index (κ1) is 13.4. The first-order valence-corrected chi connectivity index (χ1v) is 6.98. The first-order valence-electron chi connectivity index (χ1n) is 6.57. The van der Waals surface area contributed by atoms with Crippen molar-refractivity contribution >= 4 is 34.2 Å². The number of imidazole rings is 1. The number of thiocarbonyl (C=S) groups is 1. The highest BCUT2D eigenvalue weighted by atomic mass is 32.1. The van der Waals surface area contributed by atoms with E-state index in [1.165, 1.54) is 6.33 Å². The molecule has 0 atom stereocenters. The van der Waals surface area contributed by atoms with E-state index in [1.807, 2.05) is 41.8 Å². The zero-order chi connectivity index (χ0) is 14.7. The van der Waals surface area contributed by atoms with Crippen LogP contribution in [0.1, 0.15) is 6.92 Å². The maximum absolute atomic E-state index is 5.15. The Morgan fingerprint density at radius 1 is 1.24 bits per heavy atom. The van der Waals surface area contributed by atoms with Crippen LogP contribution in [0.4, 0.5) is 5.82 Å². The second-order valence-electron chi connectivity index (χ2n) is 4.35. The molecule has 0 spiro atoms. The summed E-state index contributed by atoms with van der Waals surface area (Å²) in [4.78, 5) is 12.8. The molecule has 0 unspecified atom stereocenters. The van der Waals surface area contributed by atoms with Gasteiger partial charge in [-0.2, -0.15) is 0 Å². The zero-order valence-electron chi connectivity index (χ0n) is 11.4. The highest BCUT2D eigenvalue weighted by Gasteiger charge is 2.06. The molecule has 2 N–H and O–H groups in total. The number of hydrogen-bond acceptors (Lipinski definition) is 4. The van der Waals surface area contributed by atoms with E-state index in [-0.39, 0.29) is 0 Å². The van der Waals surface area contributed by atoms with E-state index in [9.17, 15) is 0 Å². The highest BCUT2D eigenvalue weighted by molar-refractivity contribution is 7.80. The Kier molecular flexibility index (Phi) is 3.74. The van der Waals surface area contributed by atoms with E-state index in [0.717, 1.165) is 23.4 Å². The van der Waals surface area contributed by atoms with Crippen LogP contribution < -0.4 is 10.6 Å². The van der Waals surface area contributed by atoms with Crippen LogP contribution in [0, 0.1) is 0 Å². The molecule has 0 aliphatic carbocycles. The second kappa shape index (κ2) is 5.84. The minimum Gasteiger partial charge on any atom is -0.363 e. The van der Waals surface area contributed by atoms with Crippen molar-refractivity contribution in [3.63, 3.8) is 0 Å². The second-order valence-corrected chi connectivity index (χ2v) is 4.76. The monoisotopic (exact) mass is 298 g/mol. The number of rotatable bonds is 3. The van der Waals surface area contributed by atoms with Crippen LogP contribution in [-0.2, 0) is 0 Å². The Bertz CT molecular complexity index is 782. The molecule has 0 saturated carbocycles. The quantitative estimate of drug-likeness (QED) is 0.722. The molecule has 7 heteroatoms. The van der Waals surface area contributed by atoms with Crippen LogP contribution >= 0.6 is 12.2 Å². The predicted octanol–water partition coefficient (Wildman–Crippen LogP) is 2.12. The summed E-state index contributed by atoms with van der Waals surface area (Å²) < 4.78 is 1.92. The molecule has 0 amide bonds. The third-order valence-electron chi connectivity index (χ3n) is 2.93.